The van der Waals surface area contributed by atoms with E-state index < -0.39 is 9.84 Å². The van der Waals surface area contributed by atoms with Gasteiger partial charge in [-0.05, 0) is 55.1 Å². The van der Waals surface area contributed by atoms with Crippen LogP contribution in [0.25, 0.3) is 16.3 Å². The molecule has 4 rings (SSSR count). The topological polar surface area (TPSA) is 69.0 Å². The second-order valence-electron chi connectivity index (χ2n) is 7.04. The molecule has 152 valence electrons. The predicted molar refractivity (Wildman–Crippen MR) is 119 cm³/mol. The van der Waals surface area contributed by atoms with E-state index in [0.717, 1.165) is 21.8 Å². The maximum Gasteiger partial charge on any atom is 0.184 e. The van der Waals surface area contributed by atoms with Gasteiger partial charge in [-0.2, -0.15) is 5.10 Å². The minimum atomic E-state index is -3.62. The van der Waals surface area contributed by atoms with Crippen LogP contribution in [0.15, 0.2) is 77.0 Å². The highest BCUT2D eigenvalue weighted by molar-refractivity contribution is 7.90. The van der Waals surface area contributed by atoms with Crippen LogP contribution in [0.5, 0.6) is 0 Å². The van der Waals surface area contributed by atoms with Gasteiger partial charge in [0, 0.05) is 5.56 Å². The van der Waals surface area contributed by atoms with Crippen molar-refractivity contribution < 1.29 is 13.2 Å². The Hall–Kier alpha value is -3.03. The van der Waals surface area contributed by atoms with Crippen molar-refractivity contribution >= 4 is 27.0 Å². The largest absolute Gasteiger partial charge is 0.295 e. The Kier molecular flexibility index (Phi) is 5.40. The van der Waals surface area contributed by atoms with E-state index in [9.17, 15) is 13.2 Å². The zero-order chi connectivity index (χ0) is 21.3. The molecule has 4 aromatic rings. The summed E-state index contributed by atoms with van der Waals surface area (Å²) in [7, 11) is -3.62. The molecule has 0 radical (unpaired) electrons. The summed E-state index contributed by atoms with van der Waals surface area (Å²) in [6, 6.07) is 19.6. The summed E-state index contributed by atoms with van der Waals surface area (Å²) in [6.07, 6.45) is 0. The fraction of sp³-hybridized carbons (Fsp3) is 0.130. The van der Waals surface area contributed by atoms with E-state index in [1.165, 1.54) is 19.1 Å². The third-order valence-corrected chi connectivity index (χ3v) is 7.42. The van der Waals surface area contributed by atoms with Gasteiger partial charge in [0.05, 0.1) is 26.9 Å². The van der Waals surface area contributed by atoms with E-state index in [1.807, 2.05) is 54.8 Å². The average molecular weight is 437 g/mol. The molecule has 2 aromatic heterocycles. The number of hydrogen-bond acceptors (Lipinski definition) is 5. The lowest BCUT2D eigenvalue weighted by Gasteiger charge is -2.11. The molecule has 0 aliphatic heterocycles. The molecule has 0 atom stereocenters. The van der Waals surface area contributed by atoms with Crippen LogP contribution in [0, 0.1) is 6.92 Å². The van der Waals surface area contributed by atoms with Gasteiger partial charge < -0.3 is 0 Å². The molecule has 5 nitrogen and oxygen atoms in total. The van der Waals surface area contributed by atoms with Gasteiger partial charge in [0.15, 0.2) is 15.6 Å². The summed E-state index contributed by atoms with van der Waals surface area (Å²) in [5.41, 5.74) is 3.66. The number of rotatable bonds is 6. The smallest absolute Gasteiger partial charge is 0.184 e. The molecule has 2 aromatic carbocycles. The Morgan fingerprint density at radius 1 is 1.03 bits per heavy atom. The van der Waals surface area contributed by atoms with Crippen molar-refractivity contribution in [3.8, 4) is 16.3 Å². The standard InChI is InChI=1S/C23H20N2O3S2/c1-16-6-3-4-7-22(16)25-19(14-21(24-25)23-8-5-13-29-23)15-30(27,28)20-11-9-18(10-12-20)17(2)26/h3-14H,15H2,1-2H3. The Bertz CT molecular complexity index is 1300. The molecule has 30 heavy (non-hydrogen) atoms. The van der Waals surface area contributed by atoms with Crippen LogP contribution in [0.2, 0.25) is 0 Å². The van der Waals surface area contributed by atoms with Crippen molar-refractivity contribution in [1.29, 1.82) is 0 Å². The van der Waals surface area contributed by atoms with Crippen molar-refractivity contribution in [2.75, 3.05) is 0 Å². The number of sulfone groups is 1. The van der Waals surface area contributed by atoms with Gasteiger partial charge in [-0.3, -0.25) is 4.79 Å². The number of benzene rings is 2. The number of aromatic nitrogens is 2. The fourth-order valence-corrected chi connectivity index (χ4v) is 5.25. The Morgan fingerprint density at radius 3 is 2.40 bits per heavy atom. The first-order valence-electron chi connectivity index (χ1n) is 9.38. The van der Waals surface area contributed by atoms with E-state index in [4.69, 9.17) is 5.10 Å². The molecule has 0 N–H and O–H groups in total. The van der Waals surface area contributed by atoms with Gasteiger partial charge in [0.1, 0.15) is 5.69 Å². The molecule has 0 bridgehead atoms. The quantitative estimate of drug-likeness (QED) is 0.395. The summed E-state index contributed by atoms with van der Waals surface area (Å²) in [5.74, 6) is -0.295. The van der Waals surface area contributed by atoms with Gasteiger partial charge in [-0.25, -0.2) is 13.1 Å². The Balaban J connectivity index is 1.77. The Labute approximate surface area is 179 Å². The first-order valence-corrected chi connectivity index (χ1v) is 11.9. The molecule has 0 saturated carbocycles. The lowest BCUT2D eigenvalue weighted by atomic mass is 10.2. The molecular formula is C23H20N2O3S2. The highest BCUT2D eigenvalue weighted by Gasteiger charge is 2.21. The summed E-state index contributed by atoms with van der Waals surface area (Å²) in [5, 5.41) is 6.68. The lowest BCUT2D eigenvalue weighted by Crippen LogP contribution is -2.11. The zero-order valence-corrected chi connectivity index (χ0v) is 18.2. The SMILES string of the molecule is CC(=O)c1ccc(S(=O)(=O)Cc2cc(-c3cccs3)nn2-c2ccccc2C)cc1. The number of ketones is 1. The maximum absolute atomic E-state index is 13.1. The van der Waals surface area contributed by atoms with Crippen molar-refractivity contribution in [3.63, 3.8) is 0 Å². The number of hydrogen-bond donors (Lipinski definition) is 0. The number of carbonyl (C=O) groups is 1. The molecule has 0 unspecified atom stereocenters. The van der Waals surface area contributed by atoms with Crippen LogP contribution in [-0.4, -0.2) is 24.0 Å². The molecule has 0 spiro atoms. The third kappa shape index (κ3) is 3.99. The van der Waals surface area contributed by atoms with E-state index in [-0.39, 0.29) is 16.4 Å². The average Bonchev–Trinajstić information content (AvgIpc) is 3.38. The summed E-state index contributed by atoms with van der Waals surface area (Å²) in [6.45, 7) is 3.43. The normalized spacial score (nSPS) is 11.5. The number of nitrogens with zero attached hydrogens (tertiary/aromatic N) is 2. The molecule has 2 heterocycles. The molecule has 7 heteroatoms. The van der Waals surface area contributed by atoms with Crippen LogP contribution in [-0.2, 0) is 15.6 Å². The van der Waals surface area contributed by atoms with Gasteiger partial charge in [0.2, 0.25) is 0 Å². The van der Waals surface area contributed by atoms with Gasteiger partial charge in [-0.1, -0.05) is 36.4 Å². The molecule has 0 aliphatic rings. The van der Waals surface area contributed by atoms with Gasteiger partial charge >= 0.3 is 0 Å². The summed E-state index contributed by atoms with van der Waals surface area (Å²) < 4.78 is 28.0. The second-order valence-corrected chi connectivity index (χ2v) is 9.97. The molecule has 0 aliphatic carbocycles. The number of aryl methyl sites for hydroxylation is 1. The number of thiophene rings is 1. The van der Waals surface area contributed by atoms with E-state index >= 15 is 0 Å². The minimum absolute atomic E-state index is 0.0998. The number of carbonyl (C=O) groups excluding carboxylic acids is 1. The predicted octanol–water partition coefficient (Wildman–Crippen LogP) is 5.09. The molecule has 0 fully saturated rings. The molecule has 0 saturated heterocycles. The maximum atomic E-state index is 13.1. The molecule has 0 amide bonds. The van der Waals surface area contributed by atoms with Gasteiger partial charge in [0.25, 0.3) is 0 Å². The summed E-state index contributed by atoms with van der Waals surface area (Å²) in [4.78, 5) is 12.6. The third-order valence-electron chi connectivity index (χ3n) is 4.86. The van der Waals surface area contributed by atoms with Crippen LogP contribution in [0.1, 0.15) is 28.5 Å². The number of para-hydroxylation sites is 1. The lowest BCUT2D eigenvalue weighted by molar-refractivity contribution is 0.101. The fourth-order valence-electron chi connectivity index (χ4n) is 3.25. The highest BCUT2D eigenvalue weighted by Crippen LogP contribution is 2.28. The monoisotopic (exact) mass is 436 g/mol. The van der Waals surface area contributed by atoms with E-state index in [0.29, 0.717) is 11.3 Å². The van der Waals surface area contributed by atoms with Crippen LogP contribution in [0.3, 0.4) is 0 Å². The van der Waals surface area contributed by atoms with Gasteiger partial charge in [-0.15, -0.1) is 11.3 Å². The highest BCUT2D eigenvalue weighted by atomic mass is 32.2. The van der Waals surface area contributed by atoms with Crippen molar-refractivity contribution in [1.82, 2.24) is 9.78 Å². The van der Waals surface area contributed by atoms with E-state index in [2.05, 4.69) is 0 Å². The van der Waals surface area contributed by atoms with Crippen LogP contribution in [0.4, 0.5) is 0 Å². The van der Waals surface area contributed by atoms with Crippen molar-refractivity contribution in [2.24, 2.45) is 0 Å². The first kappa shape index (κ1) is 20.3. The minimum Gasteiger partial charge on any atom is -0.295 e. The van der Waals surface area contributed by atoms with Crippen molar-refractivity contribution in [3.05, 3.63) is 88.9 Å². The number of Topliss-reactive ketones (excluding diaryl/α,β-unsaturated/α-hetero) is 1. The second kappa shape index (κ2) is 8.01. The zero-order valence-electron chi connectivity index (χ0n) is 16.6. The Morgan fingerprint density at radius 2 is 1.77 bits per heavy atom. The van der Waals surface area contributed by atoms with E-state index in [1.54, 1.807) is 28.2 Å². The van der Waals surface area contributed by atoms with Crippen LogP contribution < -0.4 is 0 Å². The van der Waals surface area contributed by atoms with Crippen molar-refractivity contribution in [2.45, 2.75) is 24.5 Å². The first-order chi connectivity index (χ1) is 14.3. The molecular weight excluding hydrogens is 416 g/mol. The van der Waals surface area contributed by atoms with Crippen LogP contribution >= 0.6 is 11.3 Å². The summed E-state index contributed by atoms with van der Waals surface area (Å²) >= 11 is 1.56.